The number of thiocarbonyl (C=S) groups is 1. The summed E-state index contributed by atoms with van der Waals surface area (Å²) in [5.41, 5.74) is 1.04. The van der Waals surface area contributed by atoms with Gasteiger partial charge in [-0.25, -0.2) is 0 Å². The highest BCUT2D eigenvalue weighted by Crippen LogP contribution is 2.29. The molecule has 1 saturated heterocycles. The zero-order chi connectivity index (χ0) is 15.7. The summed E-state index contributed by atoms with van der Waals surface area (Å²) in [5, 5.41) is 2.82. The number of rotatable bonds is 4. The van der Waals surface area contributed by atoms with Crippen molar-refractivity contribution in [3.05, 3.63) is 35.9 Å². The molecule has 0 radical (unpaired) electrons. The van der Waals surface area contributed by atoms with Crippen molar-refractivity contribution in [2.45, 2.75) is 31.8 Å². The summed E-state index contributed by atoms with van der Waals surface area (Å²) in [6.07, 6.45) is 3.32. The van der Waals surface area contributed by atoms with Crippen LogP contribution in [0.3, 0.4) is 0 Å². The molecular weight excluding hydrogens is 298 g/mol. The third kappa shape index (κ3) is 2.92. The second kappa shape index (κ2) is 5.96. The molecule has 6 heteroatoms. The van der Waals surface area contributed by atoms with Crippen LogP contribution in [0.2, 0.25) is 0 Å². The first-order chi connectivity index (χ1) is 10.6. The molecule has 0 aromatic heterocycles. The predicted octanol–water partition coefficient (Wildman–Crippen LogP) is 1.84. The molecular formula is C16H17N3O2S. The number of amides is 2. The van der Waals surface area contributed by atoms with Crippen LogP contribution in [-0.2, 0) is 9.59 Å². The molecule has 2 aliphatic rings. The molecule has 2 amide bonds. The number of carbonyl (C=O) groups excluding carboxylic acids is 2. The number of aliphatic imine (C=N–C) groups is 1. The van der Waals surface area contributed by atoms with E-state index in [0.29, 0.717) is 0 Å². The standard InChI is InChI=1S/C16H17N3O2S/c1-10(11-5-3-2-4-6-11)17-9-13-14(20)18-16(22)19(15(13)21)12-7-8-12/h2-6,9-10,12-13H,7-8H2,1H3,(H,18,20,22)/t10-,13?/m1/s1. The van der Waals surface area contributed by atoms with Crippen LogP contribution in [0.25, 0.3) is 0 Å². The Kier molecular flexibility index (Phi) is 4.02. The van der Waals surface area contributed by atoms with Crippen LogP contribution in [0.5, 0.6) is 0 Å². The minimum absolute atomic E-state index is 0.106. The fourth-order valence-electron chi connectivity index (χ4n) is 2.45. The summed E-state index contributed by atoms with van der Waals surface area (Å²) < 4.78 is 0. The lowest BCUT2D eigenvalue weighted by Crippen LogP contribution is -2.58. The molecule has 0 bridgehead atoms. The van der Waals surface area contributed by atoms with Crippen molar-refractivity contribution in [2.24, 2.45) is 10.9 Å². The first-order valence-corrected chi connectivity index (χ1v) is 7.75. The maximum Gasteiger partial charge on any atom is 0.247 e. The van der Waals surface area contributed by atoms with E-state index in [0.717, 1.165) is 18.4 Å². The van der Waals surface area contributed by atoms with Gasteiger partial charge < -0.3 is 5.32 Å². The van der Waals surface area contributed by atoms with Gasteiger partial charge >= 0.3 is 0 Å². The first-order valence-electron chi connectivity index (χ1n) is 7.34. The highest BCUT2D eigenvalue weighted by molar-refractivity contribution is 7.80. The predicted molar refractivity (Wildman–Crippen MR) is 87.4 cm³/mol. The van der Waals surface area contributed by atoms with Crippen molar-refractivity contribution in [2.75, 3.05) is 0 Å². The van der Waals surface area contributed by atoms with Crippen molar-refractivity contribution >= 4 is 35.4 Å². The van der Waals surface area contributed by atoms with Crippen molar-refractivity contribution in [3.8, 4) is 0 Å². The van der Waals surface area contributed by atoms with E-state index in [1.54, 1.807) is 0 Å². The number of nitrogens with zero attached hydrogens (tertiary/aromatic N) is 2. The molecule has 2 atom stereocenters. The SMILES string of the molecule is C[C@@H](N=CC1C(=O)NC(=S)N(C2CC2)C1=O)c1ccccc1. The van der Waals surface area contributed by atoms with Crippen LogP contribution in [0.4, 0.5) is 0 Å². The molecule has 22 heavy (non-hydrogen) atoms. The molecule has 2 fully saturated rings. The van der Waals surface area contributed by atoms with E-state index in [4.69, 9.17) is 12.2 Å². The summed E-state index contributed by atoms with van der Waals surface area (Å²) in [6, 6.07) is 9.78. The highest BCUT2D eigenvalue weighted by atomic mass is 32.1. The van der Waals surface area contributed by atoms with Crippen LogP contribution >= 0.6 is 12.2 Å². The summed E-state index contributed by atoms with van der Waals surface area (Å²) >= 11 is 5.09. The highest BCUT2D eigenvalue weighted by Gasteiger charge is 2.44. The van der Waals surface area contributed by atoms with Gasteiger partial charge in [-0.3, -0.25) is 19.5 Å². The molecule has 1 saturated carbocycles. The molecule has 1 heterocycles. The van der Waals surface area contributed by atoms with E-state index in [-0.39, 0.29) is 23.1 Å². The van der Waals surface area contributed by atoms with E-state index in [1.165, 1.54) is 11.1 Å². The minimum atomic E-state index is -0.890. The van der Waals surface area contributed by atoms with E-state index in [2.05, 4.69) is 10.3 Å². The number of benzene rings is 1. The Balaban J connectivity index is 1.75. The summed E-state index contributed by atoms with van der Waals surface area (Å²) in [4.78, 5) is 30.4. The molecule has 5 nitrogen and oxygen atoms in total. The van der Waals surface area contributed by atoms with Crippen molar-refractivity contribution in [3.63, 3.8) is 0 Å². The molecule has 1 aliphatic carbocycles. The second-order valence-corrected chi connectivity index (χ2v) is 5.98. The largest absolute Gasteiger partial charge is 0.302 e. The van der Waals surface area contributed by atoms with Gasteiger partial charge in [0.25, 0.3) is 0 Å². The Labute approximate surface area is 134 Å². The average molecular weight is 315 g/mol. The molecule has 3 rings (SSSR count). The lowest BCUT2D eigenvalue weighted by atomic mass is 10.1. The van der Waals surface area contributed by atoms with Gasteiger partial charge in [-0.05, 0) is 37.5 Å². The Morgan fingerprint density at radius 1 is 1.32 bits per heavy atom. The number of hydrogen-bond donors (Lipinski definition) is 1. The van der Waals surface area contributed by atoms with Crippen LogP contribution in [0.15, 0.2) is 35.3 Å². The summed E-state index contributed by atoms with van der Waals surface area (Å²) in [7, 11) is 0. The normalized spacial score (nSPS) is 23.8. The van der Waals surface area contributed by atoms with Gasteiger partial charge in [0, 0.05) is 12.3 Å². The third-order valence-electron chi connectivity index (χ3n) is 3.89. The summed E-state index contributed by atoms with van der Waals surface area (Å²) in [5.74, 6) is -1.55. The smallest absolute Gasteiger partial charge is 0.247 e. The van der Waals surface area contributed by atoms with Crippen molar-refractivity contribution in [1.82, 2.24) is 10.2 Å². The lowest BCUT2D eigenvalue weighted by molar-refractivity contribution is -0.138. The van der Waals surface area contributed by atoms with E-state index >= 15 is 0 Å². The van der Waals surface area contributed by atoms with Gasteiger partial charge in [0.05, 0.1) is 6.04 Å². The maximum absolute atomic E-state index is 12.5. The Morgan fingerprint density at radius 3 is 2.64 bits per heavy atom. The van der Waals surface area contributed by atoms with Crippen LogP contribution < -0.4 is 5.32 Å². The van der Waals surface area contributed by atoms with Gasteiger partial charge in [-0.1, -0.05) is 30.3 Å². The maximum atomic E-state index is 12.5. The quantitative estimate of drug-likeness (QED) is 0.524. The van der Waals surface area contributed by atoms with E-state index < -0.39 is 11.8 Å². The second-order valence-electron chi connectivity index (χ2n) is 5.60. The zero-order valence-electron chi connectivity index (χ0n) is 12.2. The molecule has 114 valence electrons. The molecule has 1 N–H and O–H groups in total. The van der Waals surface area contributed by atoms with Crippen LogP contribution in [0, 0.1) is 5.92 Å². The summed E-state index contributed by atoms with van der Waals surface area (Å²) in [6.45, 7) is 1.93. The van der Waals surface area contributed by atoms with Crippen molar-refractivity contribution < 1.29 is 9.59 Å². The molecule has 1 aromatic rings. The van der Waals surface area contributed by atoms with E-state index in [1.807, 2.05) is 37.3 Å². The molecule has 1 unspecified atom stereocenters. The van der Waals surface area contributed by atoms with Crippen LogP contribution in [0.1, 0.15) is 31.4 Å². The fraction of sp³-hybridized carbons (Fsp3) is 0.375. The van der Waals surface area contributed by atoms with Gasteiger partial charge in [0.15, 0.2) is 11.0 Å². The third-order valence-corrected chi connectivity index (χ3v) is 4.19. The van der Waals surface area contributed by atoms with Gasteiger partial charge in [0.2, 0.25) is 11.8 Å². The fourth-order valence-corrected chi connectivity index (χ4v) is 2.79. The number of carbonyl (C=O) groups is 2. The van der Waals surface area contributed by atoms with Gasteiger partial charge in [0.1, 0.15) is 0 Å². The van der Waals surface area contributed by atoms with Crippen LogP contribution in [-0.4, -0.2) is 34.1 Å². The lowest BCUT2D eigenvalue weighted by Gasteiger charge is -2.31. The van der Waals surface area contributed by atoms with E-state index in [9.17, 15) is 9.59 Å². The van der Waals surface area contributed by atoms with Crippen molar-refractivity contribution in [1.29, 1.82) is 0 Å². The zero-order valence-corrected chi connectivity index (χ0v) is 13.0. The Morgan fingerprint density at radius 2 is 2.00 bits per heavy atom. The molecule has 1 aromatic carbocycles. The number of hydrogen-bond acceptors (Lipinski definition) is 4. The number of nitrogens with one attached hydrogen (secondary N) is 1. The first kappa shape index (κ1) is 14.8. The minimum Gasteiger partial charge on any atom is -0.302 e. The topological polar surface area (TPSA) is 61.8 Å². The Bertz CT molecular complexity index is 640. The molecule has 1 aliphatic heterocycles. The monoisotopic (exact) mass is 315 g/mol. The van der Waals surface area contributed by atoms with Gasteiger partial charge in [-0.15, -0.1) is 0 Å². The Hall–Kier alpha value is -2.08. The van der Waals surface area contributed by atoms with Gasteiger partial charge in [-0.2, -0.15) is 0 Å². The molecule has 0 spiro atoms. The average Bonchev–Trinajstić information content (AvgIpc) is 3.32.